The van der Waals surface area contributed by atoms with Crippen molar-refractivity contribution in [3.63, 3.8) is 0 Å². The molecular weight excluding hydrogens is 228 g/mol. The fourth-order valence-corrected chi connectivity index (χ4v) is 2.39. The van der Waals surface area contributed by atoms with Crippen LogP contribution in [-0.2, 0) is 9.16 Å². The number of rotatable bonds is 5. The lowest BCUT2D eigenvalue weighted by atomic mass is 10.2. The third kappa shape index (κ3) is 4.06. The Hall–Kier alpha value is 0.427. The second-order valence-corrected chi connectivity index (χ2v) is 11.2. The van der Waals surface area contributed by atoms with E-state index in [1.807, 2.05) is 0 Å². The molecule has 0 aliphatic carbocycles. The molecule has 1 fully saturated rings. The molecule has 0 radical (unpaired) electrons. The standard InChI is InChI=1S/C11H23ClO2Si/c1-11(2,3)15(4,5)14-7-6-9(12)10-8-13-10/h9-10H,6-8H2,1-5H3/t9-,10-/m1/s1. The summed E-state index contributed by atoms with van der Waals surface area (Å²) in [5, 5.41) is 0.417. The van der Waals surface area contributed by atoms with Gasteiger partial charge in [-0.3, -0.25) is 0 Å². The molecule has 1 aliphatic rings. The van der Waals surface area contributed by atoms with E-state index in [0.717, 1.165) is 19.6 Å². The molecule has 0 amide bonds. The first-order chi connectivity index (χ1) is 6.74. The Morgan fingerprint density at radius 3 is 2.40 bits per heavy atom. The molecule has 0 bridgehead atoms. The Bertz CT molecular complexity index is 209. The van der Waals surface area contributed by atoms with Crippen molar-refractivity contribution in [3.8, 4) is 0 Å². The third-order valence-corrected chi connectivity index (χ3v) is 8.46. The summed E-state index contributed by atoms with van der Waals surface area (Å²) in [6.07, 6.45) is 1.19. The van der Waals surface area contributed by atoms with Crippen molar-refractivity contribution < 1.29 is 9.16 Å². The lowest BCUT2D eigenvalue weighted by molar-refractivity contribution is 0.272. The van der Waals surface area contributed by atoms with Gasteiger partial charge < -0.3 is 9.16 Å². The summed E-state index contributed by atoms with van der Waals surface area (Å²) in [7, 11) is -1.59. The van der Waals surface area contributed by atoms with Gasteiger partial charge in [0.15, 0.2) is 8.32 Å². The molecule has 4 heteroatoms. The molecule has 15 heavy (non-hydrogen) atoms. The maximum Gasteiger partial charge on any atom is 0.191 e. The first kappa shape index (κ1) is 13.5. The summed E-state index contributed by atoms with van der Waals surface area (Å²) < 4.78 is 11.2. The zero-order valence-electron chi connectivity index (χ0n) is 10.5. The molecule has 1 rings (SSSR count). The molecule has 90 valence electrons. The number of hydrogen-bond donors (Lipinski definition) is 0. The van der Waals surface area contributed by atoms with E-state index in [2.05, 4.69) is 33.9 Å². The number of hydrogen-bond acceptors (Lipinski definition) is 2. The van der Waals surface area contributed by atoms with Gasteiger partial charge >= 0.3 is 0 Å². The number of ether oxygens (including phenoxy) is 1. The Morgan fingerprint density at radius 2 is 2.00 bits per heavy atom. The number of epoxide rings is 1. The SMILES string of the molecule is CC(C)(C)[Si](C)(C)OCC[C@@H](Cl)[C@H]1CO1. The van der Waals surface area contributed by atoms with E-state index in [4.69, 9.17) is 20.8 Å². The van der Waals surface area contributed by atoms with Crippen molar-refractivity contribution in [2.24, 2.45) is 0 Å². The van der Waals surface area contributed by atoms with Gasteiger partial charge in [0.2, 0.25) is 0 Å². The average molecular weight is 251 g/mol. The van der Waals surface area contributed by atoms with Gasteiger partial charge in [0, 0.05) is 6.61 Å². The quantitative estimate of drug-likeness (QED) is 0.424. The van der Waals surface area contributed by atoms with Crippen LogP contribution in [0, 0.1) is 0 Å². The van der Waals surface area contributed by atoms with Crippen LogP contribution in [0.4, 0.5) is 0 Å². The Morgan fingerprint density at radius 1 is 1.47 bits per heavy atom. The van der Waals surface area contributed by atoms with E-state index in [0.29, 0.717) is 0 Å². The molecule has 0 saturated carbocycles. The molecular formula is C11H23ClO2Si. The molecule has 2 nitrogen and oxygen atoms in total. The van der Waals surface area contributed by atoms with Crippen LogP contribution < -0.4 is 0 Å². The van der Waals surface area contributed by atoms with E-state index in [1.54, 1.807) is 0 Å². The highest BCUT2D eigenvalue weighted by molar-refractivity contribution is 6.74. The first-order valence-electron chi connectivity index (χ1n) is 5.64. The normalized spacial score (nSPS) is 24.0. The first-order valence-corrected chi connectivity index (χ1v) is 8.98. The summed E-state index contributed by atoms with van der Waals surface area (Å²) in [6.45, 7) is 12.9. The van der Waals surface area contributed by atoms with Crippen LogP contribution >= 0.6 is 11.6 Å². The van der Waals surface area contributed by atoms with Crippen LogP contribution in [0.1, 0.15) is 27.2 Å². The predicted molar refractivity (Wildman–Crippen MR) is 67.1 cm³/mol. The van der Waals surface area contributed by atoms with Gasteiger partial charge in [0.25, 0.3) is 0 Å². The largest absolute Gasteiger partial charge is 0.417 e. The molecule has 0 unspecified atom stereocenters. The molecule has 1 heterocycles. The molecule has 0 aromatic rings. The van der Waals surface area contributed by atoms with E-state index in [-0.39, 0.29) is 16.5 Å². The minimum absolute atomic E-state index is 0.134. The molecule has 0 spiro atoms. The van der Waals surface area contributed by atoms with Gasteiger partial charge in [-0.05, 0) is 24.6 Å². The Kier molecular flexibility index (Phi) is 4.26. The van der Waals surface area contributed by atoms with Crippen LogP contribution in [0.3, 0.4) is 0 Å². The monoisotopic (exact) mass is 250 g/mol. The summed E-state index contributed by atoms with van der Waals surface area (Å²) in [4.78, 5) is 0. The lowest BCUT2D eigenvalue weighted by Gasteiger charge is -2.36. The van der Waals surface area contributed by atoms with Crippen LogP contribution in [0.5, 0.6) is 0 Å². The van der Waals surface area contributed by atoms with Gasteiger partial charge in [0.05, 0.1) is 18.1 Å². The second kappa shape index (κ2) is 4.74. The fraction of sp³-hybridized carbons (Fsp3) is 1.00. The third-order valence-electron chi connectivity index (χ3n) is 3.43. The lowest BCUT2D eigenvalue weighted by Crippen LogP contribution is -2.41. The highest BCUT2D eigenvalue weighted by atomic mass is 35.5. The number of alkyl halides is 1. The minimum Gasteiger partial charge on any atom is -0.417 e. The maximum atomic E-state index is 6.13. The predicted octanol–water partition coefficient (Wildman–Crippen LogP) is 3.40. The van der Waals surface area contributed by atoms with Crippen LogP contribution in [0.25, 0.3) is 0 Å². The van der Waals surface area contributed by atoms with Crippen molar-refractivity contribution in [3.05, 3.63) is 0 Å². The van der Waals surface area contributed by atoms with Gasteiger partial charge in [0.1, 0.15) is 0 Å². The van der Waals surface area contributed by atoms with Crippen molar-refractivity contribution >= 4 is 19.9 Å². The van der Waals surface area contributed by atoms with Gasteiger partial charge in [-0.1, -0.05) is 20.8 Å². The van der Waals surface area contributed by atoms with Crippen LogP contribution in [-0.4, -0.2) is 33.0 Å². The van der Waals surface area contributed by atoms with Crippen LogP contribution in [0.15, 0.2) is 0 Å². The summed E-state index contributed by atoms with van der Waals surface area (Å²) in [5.74, 6) is 0. The smallest absolute Gasteiger partial charge is 0.191 e. The van der Waals surface area contributed by atoms with E-state index in [1.165, 1.54) is 0 Å². The average Bonchev–Trinajstić information content (AvgIpc) is 2.83. The second-order valence-electron chi connectivity index (χ2n) is 5.79. The molecule has 1 saturated heterocycles. The molecule has 0 N–H and O–H groups in total. The topological polar surface area (TPSA) is 21.8 Å². The molecule has 2 atom stereocenters. The van der Waals surface area contributed by atoms with E-state index in [9.17, 15) is 0 Å². The van der Waals surface area contributed by atoms with Crippen molar-refractivity contribution in [2.45, 2.75) is 56.8 Å². The van der Waals surface area contributed by atoms with E-state index < -0.39 is 8.32 Å². The maximum absolute atomic E-state index is 6.13. The van der Waals surface area contributed by atoms with Crippen LogP contribution in [0.2, 0.25) is 18.1 Å². The van der Waals surface area contributed by atoms with E-state index >= 15 is 0 Å². The molecule has 0 aromatic heterocycles. The van der Waals surface area contributed by atoms with Gasteiger partial charge in [-0.25, -0.2) is 0 Å². The highest BCUT2D eigenvalue weighted by Crippen LogP contribution is 2.36. The fourth-order valence-electron chi connectivity index (χ4n) is 1.09. The van der Waals surface area contributed by atoms with Gasteiger partial charge in [-0.15, -0.1) is 11.6 Å². The van der Waals surface area contributed by atoms with Crippen molar-refractivity contribution in [1.82, 2.24) is 0 Å². The summed E-state index contributed by atoms with van der Waals surface area (Å²) >= 11 is 6.13. The molecule has 0 aromatic carbocycles. The van der Waals surface area contributed by atoms with Gasteiger partial charge in [-0.2, -0.15) is 0 Å². The zero-order valence-corrected chi connectivity index (χ0v) is 12.2. The highest BCUT2D eigenvalue weighted by Gasteiger charge is 2.37. The Labute approximate surface area is 99.4 Å². The number of halogens is 1. The van der Waals surface area contributed by atoms with Crippen molar-refractivity contribution in [2.75, 3.05) is 13.2 Å². The van der Waals surface area contributed by atoms with Crippen molar-refractivity contribution in [1.29, 1.82) is 0 Å². The summed E-state index contributed by atoms with van der Waals surface area (Å²) in [6, 6.07) is 0. The minimum atomic E-state index is -1.59. The Balaban J connectivity index is 2.23. The zero-order chi connectivity index (χ0) is 11.7. The molecule has 1 aliphatic heterocycles. The summed E-state index contributed by atoms with van der Waals surface area (Å²) in [5.41, 5.74) is 0.